The van der Waals surface area contributed by atoms with Gasteiger partial charge in [0.1, 0.15) is 0 Å². The van der Waals surface area contributed by atoms with E-state index in [1.54, 1.807) is 6.08 Å². The highest BCUT2D eigenvalue weighted by Crippen LogP contribution is 2.63. The van der Waals surface area contributed by atoms with E-state index in [0.717, 1.165) is 38.5 Å². The van der Waals surface area contributed by atoms with Crippen molar-refractivity contribution in [2.75, 3.05) is 7.11 Å². The molecule has 5 atom stereocenters. The number of carbonyl (C=O) groups excluding carboxylic acids is 1. The number of hydrogen-bond acceptors (Lipinski definition) is 2. The lowest BCUT2D eigenvalue weighted by molar-refractivity contribution is -0.166. The number of ether oxygens (including phenoxy) is 1. The molecule has 3 rings (SSSR count). The lowest BCUT2D eigenvalue weighted by Crippen LogP contribution is -2.54. The Morgan fingerprint density at radius 2 is 2.04 bits per heavy atom. The number of carbonyl (C=O) groups is 1. The summed E-state index contributed by atoms with van der Waals surface area (Å²) >= 11 is 0. The molecule has 2 nitrogen and oxygen atoms in total. The maximum atomic E-state index is 12.8. The standard InChI is InChI=1S/C21H31FO2/c1-19(12-13-22)11-8-16-15(14-19)6-7-17-20(16,2)9-5-10-21(17,3)18(23)24-4/h6,12-13,16-17H,5,7-11,14H2,1-4H3/b13-12+/t16-,17+,19+,20+,21+/m0/s1. The van der Waals surface area contributed by atoms with E-state index in [4.69, 9.17) is 4.74 Å². The van der Waals surface area contributed by atoms with Crippen LogP contribution in [0, 0.1) is 28.1 Å². The molecule has 0 amide bonds. The van der Waals surface area contributed by atoms with Crippen LogP contribution in [0.5, 0.6) is 0 Å². The van der Waals surface area contributed by atoms with Gasteiger partial charge >= 0.3 is 5.97 Å². The Labute approximate surface area is 145 Å². The predicted molar refractivity (Wildman–Crippen MR) is 94.0 cm³/mol. The third-order valence-corrected chi connectivity index (χ3v) is 7.57. The first-order valence-electron chi connectivity index (χ1n) is 9.34. The van der Waals surface area contributed by atoms with Crippen molar-refractivity contribution in [3.63, 3.8) is 0 Å². The minimum absolute atomic E-state index is 0.0451. The van der Waals surface area contributed by atoms with Gasteiger partial charge in [-0.2, -0.15) is 0 Å². The Hall–Kier alpha value is -1.12. The number of halogens is 1. The molecular weight excluding hydrogens is 303 g/mol. The summed E-state index contributed by atoms with van der Waals surface area (Å²) < 4.78 is 17.9. The SMILES string of the molecule is COC(=O)[C@]1(C)CCC[C@@]2(C)[C@H]1CC=C1C[C@@](C)(/C=C/F)CC[C@@H]12. The molecule has 0 bridgehead atoms. The number of rotatable bonds is 2. The fraction of sp³-hybridized carbons (Fsp3) is 0.762. The van der Waals surface area contributed by atoms with Crippen molar-refractivity contribution in [2.24, 2.45) is 28.1 Å². The van der Waals surface area contributed by atoms with Crippen LogP contribution >= 0.6 is 0 Å². The highest BCUT2D eigenvalue weighted by atomic mass is 19.1. The van der Waals surface area contributed by atoms with E-state index in [9.17, 15) is 9.18 Å². The smallest absolute Gasteiger partial charge is 0.311 e. The van der Waals surface area contributed by atoms with E-state index >= 15 is 0 Å². The number of methoxy groups -OCH3 is 1. The third-order valence-electron chi connectivity index (χ3n) is 7.57. The summed E-state index contributed by atoms with van der Waals surface area (Å²) in [6.45, 7) is 6.66. The van der Waals surface area contributed by atoms with E-state index in [1.165, 1.54) is 19.1 Å². The molecule has 24 heavy (non-hydrogen) atoms. The third kappa shape index (κ3) is 2.55. The van der Waals surface area contributed by atoms with Crippen molar-refractivity contribution >= 4 is 5.97 Å². The second kappa shape index (κ2) is 6.00. The molecule has 0 aliphatic heterocycles. The van der Waals surface area contributed by atoms with Gasteiger partial charge in [0.2, 0.25) is 0 Å². The van der Waals surface area contributed by atoms with Crippen LogP contribution in [0.2, 0.25) is 0 Å². The largest absolute Gasteiger partial charge is 0.469 e. The highest BCUT2D eigenvalue weighted by Gasteiger charge is 2.58. The first-order valence-corrected chi connectivity index (χ1v) is 9.34. The van der Waals surface area contributed by atoms with Crippen molar-refractivity contribution in [3.05, 3.63) is 24.1 Å². The zero-order valence-electron chi connectivity index (χ0n) is 15.5. The van der Waals surface area contributed by atoms with Crippen molar-refractivity contribution in [2.45, 2.75) is 65.7 Å². The first kappa shape index (κ1) is 17.7. The molecular formula is C21H31FO2. The van der Waals surface area contributed by atoms with Gasteiger partial charge in [0, 0.05) is 0 Å². The number of allylic oxidation sites excluding steroid dienone is 3. The predicted octanol–water partition coefficient (Wildman–Crippen LogP) is 5.59. The maximum absolute atomic E-state index is 12.8. The fourth-order valence-corrected chi connectivity index (χ4v) is 6.21. The van der Waals surface area contributed by atoms with Gasteiger partial charge in [-0.05, 0) is 74.2 Å². The molecule has 0 heterocycles. The van der Waals surface area contributed by atoms with Crippen LogP contribution in [0.3, 0.4) is 0 Å². The van der Waals surface area contributed by atoms with E-state index in [2.05, 4.69) is 26.8 Å². The molecule has 0 aromatic carbocycles. The molecule has 0 aromatic heterocycles. The number of fused-ring (bicyclic) bond motifs is 3. The Morgan fingerprint density at radius 1 is 1.29 bits per heavy atom. The van der Waals surface area contributed by atoms with Gasteiger partial charge in [-0.1, -0.05) is 31.9 Å². The molecule has 2 fully saturated rings. The van der Waals surface area contributed by atoms with E-state index in [1.807, 2.05) is 0 Å². The molecule has 134 valence electrons. The average Bonchev–Trinajstić information content (AvgIpc) is 2.53. The lowest BCUT2D eigenvalue weighted by atomic mass is 9.45. The highest BCUT2D eigenvalue weighted by molar-refractivity contribution is 5.77. The topological polar surface area (TPSA) is 26.3 Å². The minimum atomic E-state index is -0.372. The maximum Gasteiger partial charge on any atom is 0.311 e. The zero-order valence-corrected chi connectivity index (χ0v) is 15.5. The number of esters is 1. The molecule has 0 unspecified atom stereocenters. The zero-order chi connectivity index (χ0) is 17.6. The molecule has 2 saturated carbocycles. The van der Waals surface area contributed by atoms with Crippen LogP contribution in [0.15, 0.2) is 24.1 Å². The van der Waals surface area contributed by atoms with Crippen LogP contribution in [0.1, 0.15) is 65.7 Å². The van der Waals surface area contributed by atoms with E-state index < -0.39 is 0 Å². The second-order valence-corrected chi connectivity index (χ2v) is 9.05. The van der Waals surface area contributed by atoms with Crippen molar-refractivity contribution < 1.29 is 13.9 Å². The molecule has 3 aliphatic rings. The fourth-order valence-electron chi connectivity index (χ4n) is 6.21. The monoisotopic (exact) mass is 334 g/mol. The van der Waals surface area contributed by atoms with Crippen LogP contribution < -0.4 is 0 Å². The number of hydrogen-bond donors (Lipinski definition) is 0. The molecule has 0 saturated heterocycles. The molecule has 0 N–H and O–H groups in total. The van der Waals surface area contributed by atoms with Gasteiger partial charge in [0.15, 0.2) is 0 Å². The quantitative estimate of drug-likeness (QED) is 0.486. The van der Waals surface area contributed by atoms with Crippen LogP contribution in [-0.2, 0) is 9.53 Å². The summed E-state index contributed by atoms with van der Waals surface area (Å²) in [7, 11) is 1.51. The molecule has 0 spiro atoms. The van der Waals surface area contributed by atoms with Crippen molar-refractivity contribution in [1.82, 2.24) is 0 Å². The molecule has 0 aromatic rings. The van der Waals surface area contributed by atoms with Crippen LogP contribution in [-0.4, -0.2) is 13.1 Å². The Balaban J connectivity index is 1.94. The summed E-state index contributed by atoms with van der Waals surface area (Å²) in [5.74, 6) is 0.832. The van der Waals surface area contributed by atoms with Crippen molar-refractivity contribution in [1.29, 1.82) is 0 Å². The van der Waals surface area contributed by atoms with Crippen LogP contribution in [0.4, 0.5) is 4.39 Å². The van der Waals surface area contributed by atoms with Gasteiger partial charge in [0.25, 0.3) is 0 Å². The van der Waals surface area contributed by atoms with E-state index in [0.29, 0.717) is 18.2 Å². The summed E-state index contributed by atoms with van der Waals surface area (Å²) in [6.07, 6.45) is 12.0. The lowest BCUT2D eigenvalue weighted by Gasteiger charge is -2.58. The molecule has 0 radical (unpaired) electrons. The average molecular weight is 334 g/mol. The second-order valence-electron chi connectivity index (χ2n) is 9.05. The van der Waals surface area contributed by atoms with Gasteiger partial charge in [-0.3, -0.25) is 4.79 Å². The summed E-state index contributed by atoms with van der Waals surface area (Å²) in [4.78, 5) is 12.5. The summed E-state index contributed by atoms with van der Waals surface area (Å²) in [6, 6.07) is 0. The first-order chi connectivity index (χ1) is 11.3. The summed E-state index contributed by atoms with van der Waals surface area (Å²) in [5, 5.41) is 0. The van der Waals surface area contributed by atoms with Gasteiger partial charge in [-0.15, -0.1) is 0 Å². The Bertz CT molecular complexity index is 580. The van der Waals surface area contributed by atoms with Gasteiger partial charge in [-0.25, -0.2) is 4.39 Å². The van der Waals surface area contributed by atoms with Gasteiger partial charge < -0.3 is 4.74 Å². The minimum Gasteiger partial charge on any atom is -0.469 e. The Morgan fingerprint density at radius 3 is 2.71 bits per heavy atom. The van der Waals surface area contributed by atoms with Crippen molar-refractivity contribution in [3.8, 4) is 0 Å². The molecule has 3 heteroatoms. The van der Waals surface area contributed by atoms with Gasteiger partial charge in [0.05, 0.1) is 18.9 Å². The summed E-state index contributed by atoms with van der Waals surface area (Å²) in [5.41, 5.74) is 1.23. The Kier molecular flexibility index (Phi) is 4.42. The normalized spacial score (nSPS) is 45.3. The van der Waals surface area contributed by atoms with E-state index in [-0.39, 0.29) is 22.2 Å². The van der Waals surface area contributed by atoms with Crippen LogP contribution in [0.25, 0.3) is 0 Å². The molecule has 3 aliphatic carbocycles.